The van der Waals surface area contributed by atoms with Gasteiger partial charge in [-0.25, -0.2) is 14.4 Å². The molecule has 2 aliphatic rings. The van der Waals surface area contributed by atoms with Gasteiger partial charge in [-0.1, -0.05) is 6.42 Å². The summed E-state index contributed by atoms with van der Waals surface area (Å²) in [6, 6.07) is 9.18. The topological polar surface area (TPSA) is 158 Å². The van der Waals surface area contributed by atoms with Gasteiger partial charge in [0.1, 0.15) is 11.5 Å². The van der Waals surface area contributed by atoms with Crippen molar-refractivity contribution in [3.05, 3.63) is 68.8 Å². The van der Waals surface area contributed by atoms with Gasteiger partial charge in [-0.2, -0.15) is 0 Å². The van der Waals surface area contributed by atoms with E-state index >= 15 is 0 Å². The Hall–Kier alpha value is -3.97. The van der Waals surface area contributed by atoms with E-state index in [-0.39, 0.29) is 22.0 Å². The lowest BCUT2D eigenvalue weighted by Crippen LogP contribution is -2.27. The molecular formula is C26H37FN8O4. The maximum atomic E-state index is 13.1. The van der Waals surface area contributed by atoms with Crippen LogP contribution in [-0.4, -0.2) is 64.9 Å². The number of aromatic nitrogens is 2. The minimum atomic E-state index is -0.589. The minimum absolute atomic E-state index is 0.0436. The molecule has 39 heavy (non-hydrogen) atoms. The molecule has 2 saturated carbocycles. The summed E-state index contributed by atoms with van der Waals surface area (Å²) >= 11 is 0. The molecule has 1 aromatic heterocycles. The van der Waals surface area contributed by atoms with E-state index in [1.807, 2.05) is 14.1 Å². The number of hydrogen-bond acceptors (Lipinski definition) is 8. The van der Waals surface area contributed by atoms with Crippen molar-refractivity contribution >= 4 is 34.4 Å². The largest absolute Gasteiger partial charge is 0.369 e. The number of hydrogen-bond donors (Lipinski definition) is 2. The fraction of sp³-hybridized carbons (Fsp3) is 0.462. The zero-order valence-corrected chi connectivity index (χ0v) is 22.8. The first-order valence-corrected chi connectivity index (χ1v) is 12.7. The maximum Gasteiger partial charge on any atom is 0.271 e. The van der Waals surface area contributed by atoms with Gasteiger partial charge in [0, 0.05) is 50.4 Å². The number of non-ortho nitro benzene ring substituents is 2. The highest BCUT2D eigenvalue weighted by atomic mass is 19.1. The van der Waals surface area contributed by atoms with Crippen LogP contribution in [-0.2, 0) is 0 Å². The molecule has 2 aromatic carbocycles. The standard InChI is InChI=1S/C11H11N3O2.C9H10FN3O2.C4H9N.C2H7N/c15-14(16)9-4-5-11-10(6-9)12-7-13(11)8-2-1-3-8;1-12(2)6-11-9-5-7(13(14)15)3-4-8(9)10;5-4-2-1-3-4;1-3-2/h4-8H,1-3H2;3-6H,1-2H3;4H,1-3,5H2;3H,1-2H3. The number of nitrogens with two attached hydrogens (primary N) is 1. The van der Waals surface area contributed by atoms with Gasteiger partial charge in [0.05, 0.1) is 33.5 Å². The summed E-state index contributed by atoms with van der Waals surface area (Å²) in [6.07, 6.45) is 10.7. The second-order valence-corrected chi connectivity index (χ2v) is 9.46. The van der Waals surface area contributed by atoms with Gasteiger partial charge in [-0.15, -0.1) is 0 Å². The molecule has 0 aliphatic heterocycles. The first kappa shape index (κ1) is 31.2. The van der Waals surface area contributed by atoms with Crippen LogP contribution in [0.2, 0.25) is 0 Å². The zero-order valence-electron chi connectivity index (χ0n) is 22.8. The summed E-state index contributed by atoms with van der Waals surface area (Å²) in [5, 5.41) is 23.8. The number of nitro benzene ring substituents is 2. The van der Waals surface area contributed by atoms with Gasteiger partial charge >= 0.3 is 0 Å². The third kappa shape index (κ3) is 9.69. The summed E-state index contributed by atoms with van der Waals surface area (Å²) in [5.74, 6) is -0.585. The lowest BCUT2D eigenvalue weighted by Gasteiger charge is -2.27. The summed E-state index contributed by atoms with van der Waals surface area (Å²) < 4.78 is 15.3. The Bertz CT molecular complexity index is 1260. The highest BCUT2D eigenvalue weighted by Crippen LogP contribution is 2.34. The van der Waals surface area contributed by atoms with Crippen LogP contribution in [0, 0.1) is 26.0 Å². The first-order valence-electron chi connectivity index (χ1n) is 12.7. The van der Waals surface area contributed by atoms with Crippen LogP contribution in [0.5, 0.6) is 0 Å². The van der Waals surface area contributed by atoms with Crippen molar-refractivity contribution in [1.29, 1.82) is 0 Å². The first-order chi connectivity index (χ1) is 18.6. The van der Waals surface area contributed by atoms with E-state index in [0.29, 0.717) is 17.6 Å². The van der Waals surface area contributed by atoms with Crippen LogP contribution in [0.15, 0.2) is 47.7 Å². The molecule has 13 heteroatoms. The lowest BCUT2D eigenvalue weighted by molar-refractivity contribution is -0.385. The Kier molecular flexibility index (Phi) is 12.4. The molecule has 3 N–H and O–H groups in total. The Morgan fingerprint density at radius 2 is 1.59 bits per heavy atom. The van der Waals surface area contributed by atoms with Crippen molar-refractivity contribution in [1.82, 2.24) is 19.8 Å². The fourth-order valence-electron chi connectivity index (χ4n) is 3.42. The van der Waals surface area contributed by atoms with Crippen molar-refractivity contribution in [3.8, 4) is 0 Å². The van der Waals surface area contributed by atoms with E-state index in [1.54, 1.807) is 37.5 Å². The molecule has 5 rings (SSSR count). The predicted octanol–water partition coefficient (Wildman–Crippen LogP) is 4.96. The van der Waals surface area contributed by atoms with Gasteiger partial charge in [-0.05, 0) is 58.3 Å². The summed E-state index contributed by atoms with van der Waals surface area (Å²) in [4.78, 5) is 29.7. The van der Waals surface area contributed by atoms with Gasteiger partial charge in [0.25, 0.3) is 11.4 Å². The molecule has 0 unspecified atom stereocenters. The van der Waals surface area contributed by atoms with Gasteiger partial charge in [0.2, 0.25) is 0 Å². The number of halogens is 1. The van der Waals surface area contributed by atoms with Crippen LogP contribution in [0.1, 0.15) is 44.6 Å². The number of nitrogens with zero attached hydrogens (tertiary/aromatic N) is 6. The lowest BCUT2D eigenvalue weighted by atomic mass is 9.93. The van der Waals surface area contributed by atoms with Crippen molar-refractivity contribution in [2.24, 2.45) is 10.7 Å². The summed E-state index contributed by atoms with van der Waals surface area (Å²) in [5.41, 5.74) is 6.96. The second kappa shape index (κ2) is 15.4. The third-order valence-electron chi connectivity index (χ3n) is 5.96. The van der Waals surface area contributed by atoms with E-state index in [1.165, 1.54) is 50.9 Å². The molecule has 212 valence electrons. The maximum absolute atomic E-state index is 13.1. The molecule has 3 aromatic rings. The zero-order chi connectivity index (χ0) is 28.9. The average molecular weight is 545 g/mol. The van der Waals surface area contributed by atoms with Crippen molar-refractivity contribution in [2.45, 2.75) is 50.6 Å². The Morgan fingerprint density at radius 1 is 1.05 bits per heavy atom. The molecule has 0 saturated heterocycles. The number of imidazole rings is 1. The third-order valence-corrected chi connectivity index (χ3v) is 5.96. The van der Waals surface area contributed by atoms with Crippen LogP contribution < -0.4 is 11.1 Å². The van der Waals surface area contributed by atoms with Crippen LogP contribution in [0.4, 0.5) is 21.5 Å². The van der Waals surface area contributed by atoms with E-state index in [9.17, 15) is 24.6 Å². The van der Waals surface area contributed by atoms with E-state index < -0.39 is 10.7 Å². The number of nitrogens with one attached hydrogen (secondary N) is 1. The number of fused-ring (bicyclic) bond motifs is 1. The predicted molar refractivity (Wildman–Crippen MR) is 151 cm³/mol. The molecule has 0 radical (unpaired) electrons. The van der Waals surface area contributed by atoms with Gasteiger partial charge in [-0.3, -0.25) is 20.2 Å². The van der Waals surface area contributed by atoms with Gasteiger partial charge in [0.15, 0.2) is 0 Å². The normalized spacial score (nSPS) is 14.5. The van der Waals surface area contributed by atoms with Gasteiger partial charge < -0.3 is 20.5 Å². The quantitative estimate of drug-likeness (QED) is 0.197. The molecular weight excluding hydrogens is 507 g/mol. The Morgan fingerprint density at radius 3 is 2.05 bits per heavy atom. The van der Waals surface area contributed by atoms with Crippen LogP contribution >= 0.6 is 0 Å². The van der Waals surface area contributed by atoms with Crippen LogP contribution in [0.25, 0.3) is 11.0 Å². The van der Waals surface area contributed by atoms with E-state index in [2.05, 4.69) is 19.9 Å². The number of rotatable bonds is 5. The SMILES string of the molecule is CN(C)C=Nc1cc([N+](=O)[O-])ccc1F.CNC.NC1CCC1.O=[N+]([O-])c1ccc2c(c1)ncn2C1CCC1. The highest BCUT2D eigenvalue weighted by Gasteiger charge is 2.21. The van der Waals surface area contributed by atoms with Crippen molar-refractivity contribution < 1.29 is 14.2 Å². The fourth-order valence-corrected chi connectivity index (χ4v) is 3.42. The van der Waals surface area contributed by atoms with E-state index in [0.717, 1.165) is 23.7 Å². The summed E-state index contributed by atoms with van der Waals surface area (Å²) in [6.45, 7) is 0. The summed E-state index contributed by atoms with van der Waals surface area (Å²) in [7, 11) is 7.19. The Labute approximate surface area is 227 Å². The number of aliphatic imine (C=N–C) groups is 1. The van der Waals surface area contributed by atoms with Crippen molar-refractivity contribution in [2.75, 3.05) is 28.2 Å². The molecule has 2 aliphatic carbocycles. The number of nitro groups is 2. The molecule has 2 fully saturated rings. The molecule has 0 bridgehead atoms. The number of benzene rings is 2. The highest BCUT2D eigenvalue weighted by molar-refractivity contribution is 5.78. The molecule has 1 heterocycles. The van der Waals surface area contributed by atoms with E-state index in [4.69, 9.17) is 5.73 Å². The molecule has 0 atom stereocenters. The molecule has 0 spiro atoms. The monoisotopic (exact) mass is 544 g/mol. The van der Waals surface area contributed by atoms with Crippen molar-refractivity contribution in [3.63, 3.8) is 0 Å². The second-order valence-electron chi connectivity index (χ2n) is 9.46. The smallest absolute Gasteiger partial charge is 0.271 e. The Balaban J connectivity index is 0.000000215. The molecule has 0 amide bonds. The molecule has 12 nitrogen and oxygen atoms in total. The average Bonchev–Trinajstić information content (AvgIpc) is 3.25. The minimum Gasteiger partial charge on any atom is -0.369 e. The van der Waals surface area contributed by atoms with Crippen LogP contribution in [0.3, 0.4) is 0 Å².